The zero-order valence-electron chi connectivity index (χ0n) is 6.25. The van der Waals surface area contributed by atoms with Crippen molar-refractivity contribution in [1.82, 2.24) is 14.8 Å². The summed E-state index contributed by atoms with van der Waals surface area (Å²) in [5.41, 5.74) is 0.911. The van der Waals surface area contributed by atoms with E-state index in [2.05, 4.69) is 48.6 Å². The summed E-state index contributed by atoms with van der Waals surface area (Å²) in [7, 11) is 1.89. The first-order valence-corrected chi connectivity index (χ1v) is 5.20. The summed E-state index contributed by atoms with van der Waals surface area (Å²) in [5.74, 6) is 0. The summed E-state index contributed by atoms with van der Waals surface area (Å²) in [5, 5.41) is 5.35. The van der Waals surface area contributed by atoms with E-state index >= 15 is 0 Å². The topological polar surface area (TPSA) is 30.7 Å². The largest absolute Gasteiger partial charge is 0.249 e. The molecule has 3 nitrogen and oxygen atoms in total. The molecular formula is C7H5BrIN3. The summed E-state index contributed by atoms with van der Waals surface area (Å²) < 4.78 is 3.61. The Hall–Kier alpha value is -0.170. The Morgan fingerprint density at radius 1 is 1.50 bits per heavy atom. The van der Waals surface area contributed by atoms with Crippen LogP contribution in [0.1, 0.15) is 0 Å². The molecule has 12 heavy (non-hydrogen) atoms. The number of pyridine rings is 1. The van der Waals surface area contributed by atoms with Gasteiger partial charge in [-0.05, 0) is 50.7 Å². The molecule has 0 bridgehead atoms. The first-order valence-electron chi connectivity index (χ1n) is 3.33. The van der Waals surface area contributed by atoms with Crippen molar-refractivity contribution in [3.05, 3.63) is 20.4 Å². The van der Waals surface area contributed by atoms with Gasteiger partial charge in [0.1, 0.15) is 8.30 Å². The summed E-state index contributed by atoms with van der Waals surface area (Å²) in [6.45, 7) is 0. The quantitative estimate of drug-likeness (QED) is 0.545. The van der Waals surface area contributed by atoms with E-state index in [1.807, 2.05) is 19.2 Å². The van der Waals surface area contributed by atoms with E-state index in [0.29, 0.717) is 0 Å². The number of aromatic nitrogens is 3. The van der Waals surface area contributed by atoms with Crippen LogP contribution in [0.15, 0.2) is 16.7 Å². The molecule has 0 saturated carbocycles. The Morgan fingerprint density at radius 3 is 3.00 bits per heavy atom. The molecule has 0 aliphatic rings. The molecule has 0 N–H and O–H groups in total. The first-order chi connectivity index (χ1) is 5.68. The van der Waals surface area contributed by atoms with Crippen molar-refractivity contribution >= 4 is 49.6 Å². The Bertz CT molecular complexity index is 437. The highest BCUT2D eigenvalue weighted by Gasteiger charge is 2.06. The molecule has 2 aromatic rings. The molecule has 2 heterocycles. The molecule has 0 fully saturated rings. The molecule has 62 valence electrons. The van der Waals surface area contributed by atoms with Gasteiger partial charge in [-0.2, -0.15) is 5.10 Å². The fourth-order valence-electron chi connectivity index (χ4n) is 1.07. The van der Waals surface area contributed by atoms with E-state index in [0.717, 1.165) is 19.3 Å². The Morgan fingerprint density at radius 2 is 2.25 bits per heavy atom. The lowest BCUT2D eigenvalue weighted by Gasteiger charge is -1.92. The standard InChI is InChI=1S/C7H5BrIN3/c1-12-7-4(6(9)11-12)2-3-5(8)10-7/h2-3H,1H3. The van der Waals surface area contributed by atoms with E-state index in [1.165, 1.54) is 0 Å². The van der Waals surface area contributed by atoms with Crippen molar-refractivity contribution in [2.75, 3.05) is 0 Å². The average Bonchev–Trinajstić information content (AvgIpc) is 2.28. The van der Waals surface area contributed by atoms with Gasteiger partial charge in [0.05, 0.1) is 5.39 Å². The van der Waals surface area contributed by atoms with E-state index < -0.39 is 0 Å². The van der Waals surface area contributed by atoms with Gasteiger partial charge >= 0.3 is 0 Å². The summed E-state index contributed by atoms with van der Waals surface area (Å²) >= 11 is 5.52. The van der Waals surface area contributed by atoms with Gasteiger partial charge in [-0.3, -0.25) is 0 Å². The van der Waals surface area contributed by atoms with Crippen molar-refractivity contribution in [3.63, 3.8) is 0 Å². The molecule has 0 spiro atoms. The highest BCUT2D eigenvalue weighted by molar-refractivity contribution is 14.1. The van der Waals surface area contributed by atoms with Gasteiger partial charge < -0.3 is 0 Å². The lowest BCUT2D eigenvalue weighted by atomic mass is 10.4. The second kappa shape index (κ2) is 2.95. The van der Waals surface area contributed by atoms with Crippen LogP contribution in [0, 0.1) is 3.70 Å². The van der Waals surface area contributed by atoms with E-state index in [4.69, 9.17) is 0 Å². The Kier molecular flexibility index (Phi) is 2.07. The molecular weight excluding hydrogens is 333 g/mol. The maximum absolute atomic E-state index is 4.31. The van der Waals surface area contributed by atoms with Gasteiger partial charge in [0.25, 0.3) is 0 Å². The van der Waals surface area contributed by atoms with Gasteiger partial charge in [0.15, 0.2) is 5.65 Å². The number of fused-ring (bicyclic) bond motifs is 1. The molecule has 5 heteroatoms. The smallest absolute Gasteiger partial charge is 0.159 e. The predicted molar refractivity (Wildman–Crippen MR) is 58.9 cm³/mol. The molecule has 0 aliphatic carbocycles. The van der Waals surface area contributed by atoms with Crippen molar-refractivity contribution in [1.29, 1.82) is 0 Å². The zero-order chi connectivity index (χ0) is 8.72. The van der Waals surface area contributed by atoms with Gasteiger partial charge in [-0.1, -0.05) is 0 Å². The SMILES string of the molecule is Cn1nc(I)c2ccc(Br)nc21. The van der Waals surface area contributed by atoms with Crippen LogP contribution < -0.4 is 0 Å². The van der Waals surface area contributed by atoms with Crippen molar-refractivity contribution in [2.24, 2.45) is 7.05 Å². The van der Waals surface area contributed by atoms with Crippen LogP contribution in [0.3, 0.4) is 0 Å². The zero-order valence-corrected chi connectivity index (χ0v) is 10.00. The van der Waals surface area contributed by atoms with Crippen LogP contribution >= 0.6 is 38.5 Å². The third kappa shape index (κ3) is 1.24. The fraction of sp³-hybridized carbons (Fsp3) is 0.143. The molecule has 0 saturated heterocycles. The minimum atomic E-state index is 0.842. The number of rotatable bonds is 0. The van der Waals surface area contributed by atoms with Crippen molar-refractivity contribution in [2.45, 2.75) is 0 Å². The lowest BCUT2D eigenvalue weighted by molar-refractivity contribution is 0.777. The molecule has 0 unspecified atom stereocenters. The average molecular weight is 338 g/mol. The van der Waals surface area contributed by atoms with Gasteiger partial charge in [-0.25, -0.2) is 9.67 Å². The maximum Gasteiger partial charge on any atom is 0.159 e. The molecule has 0 amide bonds. The van der Waals surface area contributed by atoms with E-state index in [1.54, 1.807) is 4.68 Å². The first kappa shape index (κ1) is 8.43. The van der Waals surface area contributed by atoms with Crippen LogP contribution in [0.4, 0.5) is 0 Å². The molecule has 2 aromatic heterocycles. The Balaban J connectivity index is 2.90. The molecule has 2 rings (SSSR count). The van der Waals surface area contributed by atoms with Crippen LogP contribution in [-0.2, 0) is 7.05 Å². The highest BCUT2D eigenvalue weighted by atomic mass is 127. The summed E-state index contributed by atoms with van der Waals surface area (Å²) in [6.07, 6.45) is 0. The van der Waals surface area contributed by atoms with Crippen molar-refractivity contribution in [3.8, 4) is 0 Å². The van der Waals surface area contributed by atoms with Crippen LogP contribution in [0.5, 0.6) is 0 Å². The molecule has 0 aromatic carbocycles. The minimum Gasteiger partial charge on any atom is -0.249 e. The maximum atomic E-state index is 4.31. The number of nitrogens with zero attached hydrogens (tertiary/aromatic N) is 3. The summed E-state index contributed by atoms with van der Waals surface area (Å²) in [4.78, 5) is 4.31. The lowest BCUT2D eigenvalue weighted by Crippen LogP contribution is -1.91. The van der Waals surface area contributed by atoms with Gasteiger partial charge in [0, 0.05) is 7.05 Å². The molecule has 0 aliphatic heterocycles. The van der Waals surface area contributed by atoms with Crippen LogP contribution in [0.25, 0.3) is 11.0 Å². The number of hydrogen-bond donors (Lipinski definition) is 0. The molecule has 0 atom stereocenters. The second-order valence-electron chi connectivity index (χ2n) is 2.42. The third-order valence-corrected chi connectivity index (χ3v) is 2.85. The normalized spacial score (nSPS) is 10.9. The van der Waals surface area contributed by atoms with Gasteiger partial charge in [-0.15, -0.1) is 0 Å². The second-order valence-corrected chi connectivity index (χ2v) is 4.25. The van der Waals surface area contributed by atoms with E-state index in [-0.39, 0.29) is 0 Å². The van der Waals surface area contributed by atoms with Crippen LogP contribution in [-0.4, -0.2) is 14.8 Å². The van der Waals surface area contributed by atoms with Gasteiger partial charge in [0.2, 0.25) is 0 Å². The Labute approximate surface area is 91.4 Å². The number of hydrogen-bond acceptors (Lipinski definition) is 2. The van der Waals surface area contributed by atoms with E-state index in [9.17, 15) is 0 Å². The number of halogens is 2. The monoisotopic (exact) mass is 337 g/mol. The predicted octanol–water partition coefficient (Wildman–Crippen LogP) is 2.34. The highest BCUT2D eigenvalue weighted by Crippen LogP contribution is 2.19. The van der Waals surface area contributed by atoms with Crippen LogP contribution in [0.2, 0.25) is 0 Å². The van der Waals surface area contributed by atoms with Crippen molar-refractivity contribution < 1.29 is 0 Å². The minimum absolute atomic E-state index is 0.842. The molecule has 0 radical (unpaired) electrons. The fourth-order valence-corrected chi connectivity index (χ4v) is 2.11. The third-order valence-electron chi connectivity index (χ3n) is 1.61. The summed E-state index contributed by atoms with van der Waals surface area (Å²) in [6, 6.07) is 3.94. The number of aryl methyl sites for hydroxylation is 1.